The van der Waals surface area contributed by atoms with Crippen LogP contribution >= 0.6 is 0 Å². The summed E-state index contributed by atoms with van der Waals surface area (Å²) in [5.74, 6) is 0.694. The summed E-state index contributed by atoms with van der Waals surface area (Å²) in [6.45, 7) is 5.11. The highest BCUT2D eigenvalue weighted by Crippen LogP contribution is 2.33. The molecular formula is C15H19N3. The molecule has 1 N–H and O–H groups in total. The Labute approximate surface area is 108 Å². The number of rotatable bonds is 5. The molecule has 1 heterocycles. The number of benzene rings is 1. The van der Waals surface area contributed by atoms with Gasteiger partial charge in [-0.1, -0.05) is 24.3 Å². The molecule has 1 aliphatic carbocycles. The van der Waals surface area contributed by atoms with Crippen LogP contribution in [0.15, 0.2) is 36.8 Å². The van der Waals surface area contributed by atoms with Crippen molar-refractivity contribution in [1.82, 2.24) is 14.9 Å². The Balaban J connectivity index is 1.52. The number of aromatic nitrogens is 2. The average Bonchev–Trinajstić information content (AvgIpc) is 2.82. The quantitative estimate of drug-likeness (QED) is 0.870. The molecule has 3 rings (SSSR count). The van der Waals surface area contributed by atoms with Gasteiger partial charge in [0, 0.05) is 31.7 Å². The number of fused-ring (bicyclic) bond motifs is 1. The molecule has 94 valence electrons. The van der Waals surface area contributed by atoms with Crippen molar-refractivity contribution in [2.45, 2.75) is 32.4 Å². The number of aryl methyl sites for hydroxylation is 1. The van der Waals surface area contributed by atoms with Crippen LogP contribution in [0.3, 0.4) is 0 Å². The van der Waals surface area contributed by atoms with Gasteiger partial charge in [0.05, 0.1) is 12.0 Å². The maximum Gasteiger partial charge on any atom is 0.0948 e. The molecule has 3 nitrogen and oxygen atoms in total. The Bertz CT molecular complexity index is 530. The summed E-state index contributed by atoms with van der Waals surface area (Å²) >= 11 is 0. The molecule has 0 saturated heterocycles. The molecule has 1 aliphatic rings. The summed E-state index contributed by atoms with van der Waals surface area (Å²) in [5, 5.41) is 3.54. The molecule has 0 spiro atoms. The molecule has 0 radical (unpaired) electrons. The first-order valence-corrected chi connectivity index (χ1v) is 6.66. The monoisotopic (exact) mass is 241 g/mol. The maximum absolute atomic E-state index is 4.18. The molecule has 0 aliphatic heterocycles. The predicted octanol–water partition coefficient (Wildman–Crippen LogP) is 2.33. The fourth-order valence-electron chi connectivity index (χ4n) is 2.70. The molecule has 18 heavy (non-hydrogen) atoms. The SMILES string of the molecule is CCn1cncc1CNCC1Cc2ccccc21. The smallest absolute Gasteiger partial charge is 0.0948 e. The minimum absolute atomic E-state index is 0.694. The summed E-state index contributed by atoms with van der Waals surface area (Å²) in [6, 6.07) is 8.75. The minimum Gasteiger partial charge on any atom is -0.334 e. The molecule has 1 unspecified atom stereocenters. The van der Waals surface area contributed by atoms with E-state index in [1.54, 1.807) is 0 Å². The molecule has 0 bridgehead atoms. The lowest BCUT2D eigenvalue weighted by Gasteiger charge is -2.30. The Hall–Kier alpha value is -1.61. The van der Waals surface area contributed by atoms with Crippen molar-refractivity contribution in [3.8, 4) is 0 Å². The van der Waals surface area contributed by atoms with E-state index in [4.69, 9.17) is 0 Å². The number of hydrogen-bond acceptors (Lipinski definition) is 2. The molecule has 0 fully saturated rings. The van der Waals surface area contributed by atoms with E-state index in [9.17, 15) is 0 Å². The normalized spacial score (nSPS) is 17.3. The third kappa shape index (κ3) is 2.06. The van der Waals surface area contributed by atoms with Gasteiger partial charge in [0.1, 0.15) is 0 Å². The largest absolute Gasteiger partial charge is 0.334 e. The predicted molar refractivity (Wildman–Crippen MR) is 72.5 cm³/mol. The lowest BCUT2D eigenvalue weighted by molar-refractivity contribution is 0.524. The maximum atomic E-state index is 4.18. The number of imidazole rings is 1. The van der Waals surface area contributed by atoms with Crippen molar-refractivity contribution < 1.29 is 0 Å². The second kappa shape index (κ2) is 4.94. The lowest BCUT2D eigenvalue weighted by atomic mass is 9.77. The van der Waals surface area contributed by atoms with Crippen LogP contribution in [0.4, 0.5) is 0 Å². The highest BCUT2D eigenvalue weighted by atomic mass is 15.1. The van der Waals surface area contributed by atoms with Gasteiger partial charge < -0.3 is 9.88 Å². The van der Waals surface area contributed by atoms with Crippen LogP contribution in [0.2, 0.25) is 0 Å². The van der Waals surface area contributed by atoms with E-state index in [0.29, 0.717) is 5.92 Å². The fraction of sp³-hybridized carbons (Fsp3) is 0.400. The first-order chi connectivity index (χ1) is 8.88. The van der Waals surface area contributed by atoms with Crippen molar-refractivity contribution in [3.05, 3.63) is 53.6 Å². The number of nitrogens with zero attached hydrogens (tertiary/aromatic N) is 2. The van der Waals surface area contributed by atoms with Crippen molar-refractivity contribution in [3.63, 3.8) is 0 Å². The lowest BCUT2D eigenvalue weighted by Crippen LogP contribution is -2.29. The van der Waals surface area contributed by atoms with E-state index in [-0.39, 0.29) is 0 Å². The van der Waals surface area contributed by atoms with Crippen LogP contribution in [-0.4, -0.2) is 16.1 Å². The van der Waals surface area contributed by atoms with E-state index in [1.807, 2.05) is 12.5 Å². The van der Waals surface area contributed by atoms with Gasteiger partial charge in [0.15, 0.2) is 0 Å². The summed E-state index contributed by atoms with van der Waals surface area (Å²) in [4.78, 5) is 4.18. The molecule has 1 aromatic carbocycles. The molecule has 1 aromatic heterocycles. The third-order valence-corrected chi connectivity index (χ3v) is 3.80. The van der Waals surface area contributed by atoms with E-state index in [0.717, 1.165) is 19.6 Å². The van der Waals surface area contributed by atoms with Gasteiger partial charge >= 0.3 is 0 Å². The second-order valence-corrected chi connectivity index (χ2v) is 4.90. The van der Waals surface area contributed by atoms with E-state index < -0.39 is 0 Å². The molecular weight excluding hydrogens is 222 g/mol. The average molecular weight is 241 g/mol. The van der Waals surface area contributed by atoms with Gasteiger partial charge in [0.2, 0.25) is 0 Å². The van der Waals surface area contributed by atoms with E-state index >= 15 is 0 Å². The third-order valence-electron chi connectivity index (χ3n) is 3.80. The van der Waals surface area contributed by atoms with E-state index in [2.05, 4.69) is 46.1 Å². The van der Waals surface area contributed by atoms with Crippen LogP contribution in [-0.2, 0) is 19.5 Å². The van der Waals surface area contributed by atoms with Gasteiger partial charge in [-0.05, 0) is 24.5 Å². The summed E-state index contributed by atoms with van der Waals surface area (Å²) in [5.41, 5.74) is 4.31. The minimum atomic E-state index is 0.694. The zero-order valence-corrected chi connectivity index (χ0v) is 10.8. The Morgan fingerprint density at radius 1 is 1.39 bits per heavy atom. The fourth-order valence-corrected chi connectivity index (χ4v) is 2.70. The zero-order valence-electron chi connectivity index (χ0n) is 10.8. The summed E-state index contributed by atoms with van der Waals surface area (Å²) in [6.07, 6.45) is 5.07. The van der Waals surface area contributed by atoms with Crippen molar-refractivity contribution in [2.24, 2.45) is 0 Å². The number of hydrogen-bond donors (Lipinski definition) is 1. The second-order valence-electron chi connectivity index (χ2n) is 4.90. The highest BCUT2D eigenvalue weighted by molar-refractivity contribution is 5.40. The standard InChI is InChI=1S/C15H19N3/c1-2-18-11-17-10-14(18)9-16-8-13-7-12-5-3-4-6-15(12)13/h3-6,10-11,13,16H,2,7-9H2,1H3. The molecule has 0 amide bonds. The van der Waals surface area contributed by atoms with Crippen molar-refractivity contribution >= 4 is 0 Å². The van der Waals surface area contributed by atoms with Crippen LogP contribution < -0.4 is 5.32 Å². The topological polar surface area (TPSA) is 29.9 Å². The van der Waals surface area contributed by atoms with E-state index in [1.165, 1.54) is 23.2 Å². The first-order valence-electron chi connectivity index (χ1n) is 6.66. The van der Waals surface area contributed by atoms with Crippen molar-refractivity contribution in [2.75, 3.05) is 6.54 Å². The van der Waals surface area contributed by atoms with Crippen LogP contribution in [0.25, 0.3) is 0 Å². The van der Waals surface area contributed by atoms with Gasteiger partial charge in [-0.15, -0.1) is 0 Å². The summed E-state index contributed by atoms with van der Waals surface area (Å²) < 4.78 is 2.18. The number of nitrogens with one attached hydrogen (secondary N) is 1. The Morgan fingerprint density at radius 2 is 2.28 bits per heavy atom. The first kappa shape index (κ1) is 11.5. The molecule has 0 saturated carbocycles. The highest BCUT2D eigenvalue weighted by Gasteiger charge is 2.24. The van der Waals surface area contributed by atoms with Gasteiger partial charge in [-0.2, -0.15) is 0 Å². The van der Waals surface area contributed by atoms with Gasteiger partial charge in [-0.3, -0.25) is 0 Å². The zero-order chi connectivity index (χ0) is 12.4. The van der Waals surface area contributed by atoms with Crippen LogP contribution in [0.1, 0.15) is 29.7 Å². The Morgan fingerprint density at radius 3 is 3.11 bits per heavy atom. The van der Waals surface area contributed by atoms with Gasteiger partial charge in [-0.25, -0.2) is 4.98 Å². The van der Waals surface area contributed by atoms with Crippen molar-refractivity contribution in [1.29, 1.82) is 0 Å². The molecule has 2 aromatic rings. The molecule has 1 atom stereocenters. The van der Waals surface area contributed by atoms with Crippen LogP contribution in [0.5, 0.6) is 0 Å². The Kier molecular flexibility index (Phi) is 3.15. The summed E-state index contributed by atoms with van der Waals surface area (Å²) in [7, 11) is 0. The van der Waals surface area contributed by atoms with Crippen LogP contribution in [0, 0.1) is 0 Å². The molecule has 3 heteroatoms. The van der Waals surface area contributed by atoms with Gasteiger partial charge in [0.25, 0.3) is 0 Å².